The standard InChI is InChI=1S/C9H24O10Si2/c1-12-20(13-2,14-3)18-9(7-10,8-11)19-21(15-4,16-5)17-6/h10-11H,7-8H2,1-6H3. The SMILES string of the molecule is CO[Si](OC)(OC)OC(CO)(CO)O[Si](OC)(OC)OC. The third-order valence-corrected chi connectivity index (χ3v) is 6.85. The largest absolute Gasteiger partial charge is 0.681 e. The first kappa shape index (κ1) is 21.0. The topological polar surface area (TPSA) is 114 Å². The van der Waals surface area contributed by atoms with Gasteiger partial charge in [-0.1, -0.05) is 0 Å². The Morgan fingerprint density at radius 2 is 0.857 bits per heavy atom. The van der Waals surface area contributed by atoms with Gasteiger partial charge in [-0.25, -0.2) is 0 Å². The lowest BCUT2D eigenvalue weighted by molar-refractivity contribution is -0.244. The summed E-state index contributed by atoms with van der Waals surface area (Å²) in [7, 11) is 0.543. The Balaban J connectivity index is 5.42. The van der Waals surface area contributed by atoms with E-state index in [4.69, 9.17) is 35.4 Å². The maximum absolute atomic E-state index is 9.58. The van der Waals surface area contributed by atoms with Crippen LogP contribution in [0, 0.1) is 0 Å². The van der Waals surface area contributed by atoms with Crippen molar-refractivity contribution < 1.29 is 45.6 Å². The molecule has 0 bridgehead atoms. The molecule has 0 aliphatic rings. The lowest BCUT2D eigenvalue weighted by Crippen LogP contribution is -2.63. The molecule has 0 saturated heterocycles. The van der Waals surface area contributed by atoms with Crippen LogP contribution in [0.25, 0.3) is 0 Å². The number of hydrogen-bond donors (Lipinski definition) is 2. The second-order valence-electron chi connectivity index (χ2n) is 3.66. The van der Waals surface area contributed by atoms with Crippen molar-refractivity contribution in [2.45, 2.75) is 5.79 Å². The molecule has 0 radical (unpaired) electrons. The average molecular weight is 348 g/mol. The van der Waals surface area contributed by atoms with Gasteiger partial charge in [0.2, 0.25) is 5.79 Å². The zero-order valence-corrected chi connectivity index (χ0v) is 15.1. The molecule has 2 N–H and O–H groups in total. The van der Waals surface area contributed by atoms with Gasteiger partial charge in [0.05, 0.1) is 13.2 Å². The molecule has 21 heavy (non-hydrogen) atoms. The minimum absolute atomic E-state index is 0.751. The number of aliphatic hydroxyl groups excluding tert-OH is 2. The quantitative estimate of drug-likeness (QED) is 0.317. The van der Waals surface area contributed by atoms with Gasteiger partial charge in [0.15, 0.2) is 0 Å². The van der Waals surface area contributed by atoms with E-state index >= 15 is 0 Å². The third kappa shape index (κ3) is 5.02. The summed E-state index contributed by atoms with van der Waals surface area (Å²) in [6, 6.07) is 0. The first-order chi connectivity index (χ1) is 9.90. The minimum Gasteiger partial charge on any atom is -0.391 e. The fraction of sp³-hybridized carbons (Fsp3) is 1.00. The van der Waals surface area contributed by atoms with Crippen LogP contribution in [0.15, 0.2) is 0 Å². The van der Waals surface area contributed by atoms with E-state index in [1.807, 2.05) is 0 Å². The Labute approximate surface area is 126 Å². The molecule has 0 unspecified atom stereocenters. The van der Waals surface area contributed by atoms with Crippen LogP contribution in [0.3, 0.4) is 0 Å². The minimum atomic E-state index is -3.62. The zero-order chi connectivity index (χ0) is 16.6. The summed E-state index contributed by atoms with van der Waals surface area (Å²) in [4.78, 5) is 0. The Morgan fingerprint density at radius 1 is 0.619 bits per heavy atom. The van der Waals surface area contributed by atoms with Crippen molar-refractivity contribution in [2.75, 3.05) is 55.9 Å². The molecule has 0 amide bonds. The molecule has 0 aliphatic heterocycles. The molecule has 10 nitrogen and oxygen atoms in total. The summed E-state index contributed by atoms with van der Waals surface area (Å²) in [6.07, 6.45) is 0. The van der Waals surface area contributed by atoms with Gasteiger partial charge in [-0.3, -0.25) is 0 Å². The normalized spacial score (nSPS) is 13.7. The molecule has 0 aliphatic carbocycles. The van der Waals surface area contributed by atoms with E-state index in [1.54, 1.807) is 0 Å². The first-order valence-corrected chi connectivity index (χ1v) is 9.10. The molecule has 128 valence electrons. The van der Waals surface area contributed by atoms with Crippen molar-refractivity contribution in [3.05, 3.63) is 0 Å². The van der Waals surface area contributed by atoms with Crippen LogP contribution in [0.2, 0.25) is 0 Å². The first-order valence-electron chi connectivity index (χ1n) is 5.83. The van der Waals surface area contributed by atoms with Gasteiger partial charge in [-0.05, 0) is 0 Å². The van der Waals surface area contributed by atoms with E-state index in [1.165, 1.54) is 42.7 Å². The van der Waals surface area contributed by atoms with Gasteiger partial charge in [-0.2, -0.15) is 0 Å². The molecule has 0 atom stereocenters. The molecule has 0 fully saturated rings. The summed E-state index contributed by atoms with van der Waals surface area (Å²) < 4.78 is 41.4. The molecule has 0 aromatic carbocycles. The monoisotopic (exact) mass is 348 g/mol. The molecule has 12 heteroatoms. The summed E-state index contributed by atoms with van der Waals surface area (Å²) in [5, 5.41) is 19.2. The summed E-state index contributed by atoms with van der Waals surface area (Å²) in [5.74, 6) is -1.96. The van der Waals surface area contributed by atoms with Crippen molar-refractivity contribution in [3.63, 3.8) is 0 Å². The van der Waals surface area contributed by atoms with Gasteiger partial charge in [-0.15, -0.1) is 0 Å². The van der Waals surface area contributed by atoms with Crippen LogP contribution in [0.4, 0.5) is 0 Å². The predicted molar refractivity (Wildman–Crippen MR) is 72.6 cm³/mol. The van der Waals surface area contributed by atoms with Crippen molar-refractivity contribution in [1.82, 2.24) is 0 Å². The molecule has 0 rings (SSSR count). The Bertz CT molecular complexity index is 239. The Kier molecular flexibility index (Phi) is 9.25. The Morgan fingerprint density at radius 3 is 1.00 bits per heavy atom. The van der Waals surface area contributed by atoms with Crippen LogP contribution in [0.5, 0.6) is 0 Å². The predicted octanol–water partition coefficient (Wildman–Crippen LogP) is -1.55. The van der Waals surface area contributed by atoms with Crippen LogP contribution in [-0.2, 0) is 35.4 Å². The lowest BCUT2D eigenvalue weighted by Gasteiger charge is -2.39. The third-order valence-electron chi connectivity index (χ3n) is 2.60. The molecule has 0 aromatic rings. The number of rotatable bonds is 12. The highest BCUT2D eigenvalue weighted by Crippen LogP contribution is 2.26. The summed E-state index contributed by atoms with van der Waals surface area (Å²) in [5.41, 5.74) is 0. The second kappa shape index (κ2) is 9.24. The van der Waals surface area contributed by atoms with Crippen LogP contribution in [-0.4, -0.2) is 90.0 Å². The number of hydrogen-bond acceptors (Lipinski definition) is 10. The molecule has 0 heterocycles. The smallest absolute Gasteiger partial charge is 0.391 e. The van der Waals surface area contributed by atoms with Gasteiger partial charge in [0.25, 0.3) is 0 Å². The highest BCUT2D eigenvalue weighted by atomic mass is 28.4. The van der Waals surface area contributed by atoms with E-state index in [-0.39, 0.29) is 0 Å². The molecular formula is C9H24O10Si2. The van der Waals surface area contributed by atoms with Crippen molar-refractivity contribution in [1.29, 1.82) is 0 Å². The van der Waals surface area contributed by atoms with E-state index in [9.17, 15) is 10.2 Å². The Hall–Kier alpha value is 0.0338. The summed E-state index contributed by atoms with van der Waals surface area (Å²) in [6.45, 7) is -1.50. The van der Waals surface area contributed by atoms with E-state index in [0.717, 1.165) is 0 Å². The van der Waals surface area contributed by atoms with E-state index < -0.39 is 37.1 Å². The van der Waals surface area contributed by atoms with Crippen molar-refractivity contribution in [3.8, 4) is 0 Å². The maximum atomic E-state index is 9.58. The van der Waals surface area contributed by atoms with Gasteiger partial charge >= 0.3 is 18.1 Å². The zero-order valence-electron chi connectivity index (χ0n) is 13.1. The second-order valence-corrected chi connectivity index (χ2v) is 8.51. The molecule has 0 spiro atoms. The molecule has 0 saturated carbocycles. The highest BCUT2D eigenvalue weighted by molar-refractivity contribution is 6.54. The average Bonchev–Trinajstić information content (AvgIpc) is 2.57. The van der Waals surface area contributed by atoms with Crippen molar-refractivity contribution in [2.24, 2.45) is 0 Å². The summed E-state index contributed by atoms with van der Waals surface area (Å²) >= 11 is 0. The molecular weight excluding hydrogens is 324 g/mol. The lowest BCUT2D eigenvalue weighted by atomic mass is 10.3. The van der Waals surface area contributed by atoms with Gasteiger partial charge in [0, 0.05) is 42.7 Å². The van der Waals surface area contributed by atoms with E-state index in [2.05, 4.69) is 0 Å². The van der Waals surface area contributed by atoms with Crippen LogP contribution < -0.4 is 0 Å². The maximum Gasteiger partial charge on any atom is 0.681 e. The molecule has 0 aromatic heterocycles. The van der Waals surface area contributed by atoms with Gasteiger partial charge < -0.3 is 45.6 Å². The van der Waals surface area contributed by atoms with Crippen LogP contribution >= 0.6 is 0 Å². The van der Waals surface area contributed by atoms with Gasteiger partial charge in [0.1, 0.15) is 0 Å². The fourth-order valence-corrected chi connectivity index (χ4v) is 4.24. The van der Waals surface area contributed by atoms with Crippen molar-refractivity contribution >= 4 is 18.1 Å². The highest BCUT2D eigenvalue weighted by Gasteiger charge is 2.57. The van der Waals surface area contributed by atoms with Crippen LogP contribution in [0.1, 0.15) is 0 Å². The van der Waals surface area contributed by atoms with E-state index in [0.29, 0.717) is 0 Å². The number of aliphatic hydroxyl groups is 2. The fourth-order valence-electron chi connectivity index (χ4n) is 1.41.